The number of anilines is 1. The maximum atomic E-state index is 12.5. The molecule has 25 heavy (non-hydrogen) atoms. The minimum Gasteiger partial charge on any atom is -0.496 e. The van der Waals surface area contributed by atoms with E-state index in [9.17, 15) is 18.0 Å². The third-order valence-corrected chi connectivity index (χ3v) is 3.38. The van der Waals surface area contributed by atoms with Gasteiger partial charge in [-0.1, -0.05) is 12.1 Å². The van der Waals surface area contributed by atoms with E-state index in [2.05, 4.69) is 10.1 Å². The van der Waals surface area contributed by atoms with Gasteiger partial charge in [0.05, 0.1) is 19.9 Å². The second-order valence-electron chi connectivity index (χ2n) is 5.00. The number of nitrogens with one attached hydrogen (secondary N) is 1. The molecule has 0 aliphatic carbocycles. The highest BCUT2D eigenvalue weighted by Gasteiger charge is 2.32. The van der Waals surface area contributed by atoms with E-state index in [0.717, 1.165) is 6.07 Å². The van der Waals surface area contributed by atoms with Crippen molar-refractivity contribution in [2.24, 2.45) is 0 Å². The molecule has 0 heterocycles. The van der Waals surface area contributed by atoms with E-state index in [1.54, 1.807) is 6.92 Å². The van der Waals surface area contributed by atoms with E-state index in [-0.39, 0.29) is 11.3 Å². The van der Waals surface area contributed by atoms with Gasteiger partial charge in [-0.05, 0) is 31.2 Å². The Morgan fingerprint density at radius 1 is 1.00 bits per heavy atom. The molecule has 0 saturated carbocycles. The monoisotopic (exact) mass is 355 g/mol. The van der Waals surface area contributed by atoms with Crippen LogP contribution in [0.25, 0.3) is 0 Å². The quantitative estimate of drug-likeness (QED) is 0.875. The highest BCUT2D eigenvalue weighted by molar-refractivity contribution is 6.05. The lowest BCUT2D eigenvalue weighted by Crippen LogP contribution is -2.19. The number of benzene rings is 2. The number of carbonyl (C=O) groups is 1. The number of para-hydroxylation sites is 2. The summed E-state index contributed by atoms with van der Waals surface area (Å²) in [5.41, 5.74) is 0.756. The van der Waals surface area contributed by atoms with Crippen LogP contribution >= 0.6 is 0 Å². The molecule has 0 bridgehead atoms. The summed E-state index contributed by atoms with van der Waals surface area (Å²) in [6.07, 6.45) is -4.86. The first-order chi connectivity index (χ1) is 11.7. The Kier molecular flexibility index (Phi) is 5.41. The van der Waals surface area contributed by atoms with Crippen molar-refractivity contribution in [2.75, 3.05) is 19.5 Å². The summed E-state index contributed by atoms with van der Waals surface area (Å²) < 4.78 is 51.7. The van der Waals surface area contributed by atoms with Crippen molar-refractivity contribution >= 4 is 11.6 Å². The summed E-state index contributed by atoms with van der Waals surface area (Å²) in [5.74, 6) is -0.294. The van der Waals surface area contributed by atoms with Crippen molar-refractivity contribution in [3.05, 3.63) is 47.5 Å². The highest BCUT2D eigenvalue weighted by atomic mass is 19.4. The molecule has 5 nitrogen and oxygen atoms in total. The summed E-state index contributed by atoms with van der Waals surface area (Å²) >= 11 is 0. The van der Waals surface area contributed by atoms with E-state index in [4.69, 9.17) is 9.47 Å². The fourth-order valence-corrected chi connectivity index (χ4v) is 2.20. The van der Waals surface area contributed by atoms with Crippen molar-refractivity contribution in [2.45, 2.75) is 13.3 Å². The number of halogens is 3. The molecule has 8 heteroatoms. The van der Waals surface area contributed by atoms with Crippen molar-refractivity contribution in [1.82, 2.24) is 0 Å². The van der Waals surface area contributed by atoms with Crippen molar-refractivity contribution < 1.29 is 32.2 Å². The lowest BCUT2D eigenvalue weighted by Gasteiger charge is -2.15. The zero-order chi connectivity index (χ0) is 18.6. The smallest absolute Gasteiger partial charge is 0.496 e. The van der Waals surface area contributed by atoms with Gasteiger partial charge < -0.3 is 19.5 Å². The third-order valence-electron chi connectivity index (χ3n) is 3.38. The minimum atomic E-state index is -4.86. The Morgan fingerprint density at radius 3 is 2.08 bits per heavy atom. The molecule has 0 saturated heterocycles. The van der Waals surface area contributed by atoms with Gasteiger partial charge in [-0.25, -0.2) is 0 Å². The molecule has 0 unspecified atom stereocenters. The molecule has 2 rings (SSSR count). The lowest BCUT2D eigenvalue weighted by molar-refractivity contribution is -0.274. The van der Waals surface area contributed by atoms with Crippen LogP contribution in [0.15, 0.2) is 36.4 Å². The first-order valence-electron chi connectivity index (χ1n) is 7.14. The first-order valence-corrected chi connectivity index (χ1v) is 7.14. The molecule has 134 valence electrons. The van der Waals surface area contributed by atoms with Gasteiger partial charge in [0.25, 0.3) is 5.91 Å². The van der Waals surface area contributed by atoms with Crippen molar-refractivity contribution in [3.8, 4) is 17.2 Å². The van der Waals surface area contributed by atoms with Crippen LogP contribution in [0, 0.1) is 6.92 Å². The second-order valence-corrected chi connectivity index (χ2v) is 5.00. The number of rotatable bonds is 5. The van der Waals surface area contributed by atoms with Crippen LogP contribution in [-0.2, 0) is 0 Å². The van der Waals surface area contributed by atoms with Crippen LogP contribution < -0.4 is 19.5 Å². The van der Waals surface area contributed by atoms with Crippen LogP contribution in [0.4, 0.5) is 18.9 Å². The molecule has 0 atom stereocenters. The summed E-state index contributed by atoms with van der Waals surface area (Å²) in [5, 5.41) is 2.40. The molecular weight excluding hydrogens is 339 g/mol. The van der Waals surface area contributed by atoms with Crippen LogP contribution in [0.3, 0.4) is 0 Å². The van der Waals surface area contributed by atoms with Crippen LogP contribution in [-0.4, -0.2) is 26.5 Å². The van der Waals surface area contributed by atoms with E-state index < -0.39 is 18.0 Å². The summed E-state index contributed by atoms with van der Waals surface area (Å²) in [7, 11) is 2.88. The maximum Gasteiger partial charge on any atom is 0.573 e. The average Bonchev–Trinajstić information content (AvgIpc) is 2.55. The highest BCUT2D eigenvalue weighted by Crippen LogP contribution is 2.32. The predicted octanol–water partition coefficient (Wildman–Crippen LogP) is 4.16. The Balaban J connectivity index is 2.32. The molecule has 0 spiro atoms. The molecule has 2 aromatic rings. The van der Waals surface area contributed by atoms with Gasteiger partial charge in [0.1, 0.15) is 11.5 Å². The van der Waals surface area contributed by atoms with Crippen LogP contribution in [0.2, 0.25) is 0 Å². The molecule has 0 radical (unpaired) electrons. The number of ether oxygens (including phenoxy) is 3. The second kappa shape index (κ2) is 7.33. The van der Waals surface area contributed by atoms with E-state index in [0.29, 0.717) is 17.1 Å². The minimum absolute atomic E-state index is 0.108. The Labute approximate surface area is 142 Å². The average molecular weight is 355 g/mol. The molecule has 2 aromatic carbocycles. The predicted molar refractivity (Wildman–Crippen MR) is 85.4 cm³/mol. The van der Waals surface area contributed by atoms with Crippen LogP contribution in [0.5, 0.6) is 17.2 Å². The zero-order valence-electron chi connectivity index (χ0n) is 13.7. The van der Waals surface area contributed by atoms with Crippen molar-refractivity contribution in [1.29, 1.82) is 0 Å². The SMILES string of the molecule is COc1cc(C(=O)Nc2ccccc2OC(F)(F)F)cc(OC)c1C. The standard InChI is InChI=1S/C17H16F3NO4/c1-10-14(23-2)8-11(9-15(10)24-3)16(22)21-12-6-4-5-7-13(12)25-17(18,19)20/h4-9H,1-3H3,(H,21,22). The molecule has 1 amide bonds. The molecule has 0 aliphatic heterocycles. The van der Waals surface area contributed by atoms with Gasteiger partial charge in [0.15, 0.2) is 5.75 Å². The van der Waals surface area contributed by atoms with Gasteiger partial charge in [-0.3, -0.25) is 4.79 Å². The van der Waals surface area contributed by atoms with Crippen LogP contribution in [0.1, 0.15) is 15.9 Å². The largest absolute Gasteiger partial charge is 0.573 e. The fraction of sp³-hybridized carbons (Fsp3) is 0.235. The Bertz CT molecular complexity index is 750. The lowest BCUT2D eigenvalue weighted by atomic mass is 10.1. The van der Waals surface area contributed by atoms with Gasteiger partial charge in [-0.15, -0.1) is 13.2 Å². The third kappa shape index (κ3) is 4.56. The molecule has 0 aliphatic rings. The van der Waals surface area contributed by atoms with E-state index in [1.807, 2.05) is 0 Å². The molecule has 1 N–H and O–H groups in total. The number of amides is 1. The topological polar surface area (TPSA) is 56.8 Å². The number of carbonyl (C=O) groups excluding carboxylic acids is 1. The molecule has 0 aromatic heterocycles. The summed E-state index contributed by atoms with van der Waals surface area (Å²) in [4.78, 5) is 12.4. The normalized spacial score (nSPS) is 11.0. The Hall–Kier alpha value is -2.90. The number of hydrogen-bond donors (Lipinski definition) is 1. The summed E-state index contributed by atoms with van der Waals surface area (Å²) in [6, 6.07) is 8.21. The number of methoxy groups -OCH3 is 2. The molecule has 0 fully saturated rings. The van der Waals surface area contributed by atoms with Gasteiger partial charge in [-0.2, -0.15) is 0 Å². The maximum absolute atomic E-state index is 12.5. The van der Waals surface area contributed by atoms with Gasteiger partial charge >= 0.3 is 6.36 Å². The first kappa shape index (κ1) is 18.4. The number of hydrogen-bond acceptors (Lipinski definition) is 4. The number of alkyl halides is 3. The van der Waals surface area contributed by atoms with Crippen molar-refractivity contribution in [3.63, 3.8) is 0 Å². The van der Waals surface area contributed by atoms with Gasteiger partial charge in [0, 0.05) is 11.1 Å². The fourth-order valence-electron chi connectivity index (χ4n) is 2.20. The Morgan fingerprint density at radius 2 is 1.56 bits per heavy atom. The van der Waals surface area contributed by atoms with E-state index in [1.165, 1.54) is 44.6 Å². The molecular formula is C17H16F3NO4. The zero-order valence-corrected chi connectivity index (χ0v) is 13.7. The summed E-state index contributed by atoms with van der Waals surface area (Å²) in [6.45, 7) is 1.76. The van der Waals surface area contributed by atoms with Gasteiger partial charge in [0.2, 0.25) is 0 Å². The van der Waals surface area contributed by atoms with E-state index >= 15 is 0 Å².